The second-order valence-corrected chi connectivity index (χ2v) is 9.60. The molecule has 31 heavy (non-hydrogen) atoms. The first kappa shape index (κ1) is 19.0. The van der Waals surface area contributed by atoms with Gasteiger partial charge in [-0.05, 0) is 50.7 Å². The van der Waals surface area contributed by atoms with Gasteiger partial charge in [0.1, 0.15) is 5.82 Å². The van der Waals surface area contributed by atoms with Crippen LogP contribution in [0.3, 0.4) is 0 Å². The normalized spacial score (nSPS) is 20.9. The Morgan fingerprint density at radius 3 is 2.68 bits per heavy atom. The second kappa shape index (κ2) is 7.48. The summed E-state index contributed by atoms with van der Waals surface area (Å²) in [5.41, 5.74) is 4.16. The van der Waals surface area contributed by atoms with E-state index in [1.54, 1.807) is 6.26 Å². The van der Waals surface area contributed by atoms with Crippen LogP contribution in [0, 0.1) is 12.8 Å². The van der Waals surface area contributed by atoms with Crippen molar-refractivity contribution in [2.24, 2.45) is 5.92 Å². The Morgan fingerprint density at radius 2 is 1.97 bits per heavy atom. The summed E-state index contributed by atoms with van der Waals surface area (Å²) in [4.78, 5) is 19.1. The van der Waals surface area contributed by atoms with Crippen molar-refractivity contribution in [3.05, 3.63) is 59.8 Å². The van der Waals surface area contributed by atoms with Crippen molar-refractivity contribution < 1.29 is 4.42 Å². The average Bonchev–Trinajstić information content (AvgIpc) is 3.37. The number of anilines is 1. The maximum Gasteiger partial charge on any atom is 0.225 e. The quantitative estimate of drug-likeness (QED) is 0.632. The van der Waals surface area contributed by atoms with Crippen molar-refractivity contribution >= 4 is 5.95 Å². The van der Waals surface area contributed by atoms with Crippen LogP contribution < -0.4 is 4.90 Å². The van der Waals surface area contributed by atoms with Crippen LogP contribution in [0.5, 0.6) is 0 Å². The van der Waals surface area contributed by atoms with E-state index in [9.17, 15) is 0 Å². The summed E-state index contributed by atoms with van der Waals surface area (Å²) in [6.45, 7) is 8.22. The van der Waals surface area contributed by atoms with Crippen molar-refractivity contribution in [2.75, 3.05) is 24.5 Å². The van der Waals surface area contributed by atoms with Crippen molar-refractivity contribution in [3.8, 4) is 0 Å². The van der Waals surface area contributed by atoms with Gasteiger partial charge in [-0.1, -0.05) is 0 Å². The topological polar surface area (TPSA) is 63.2 Å². The number of rotatable bonds is 5. The minimum atomic E-state index is 0.0994. The third-order valence-electron chi connectivity index (χ3n) is 7.34. The highest BCUT2D eigenvalue weighted by Gasteiger charge is 2.45. The van der Waals surface area contributed by atoms with Crippen molar-refractivity contribution in [1.29, 1.82) is 0 Å². The zero-order valence-corrected chi connectivity index (χ0v) is 18.2. The summed E-state index contributed by atoms with van der Waals surface area (Å²) < 4.78 is 7.88. The fourth-order valence-corrected chi connectivity index (χ4v) is 5.50. The maximum atomic E-state index is 5.35. The van der Waals surface area contributed by atoms with Crippen molar-refractivity contribution in [1.82, 2.24) is 24.4 Å². The number of hydrogen-bond donors (Lipinski definition) is 0. The Bertz CT molecular complexity index is 1030. The summed E-state index contributed by atoms with van der Waals surface area (Å²) >= 11 is 0. The van der Waals surface area contributed by atoms with Crippen molar-refractivity contribution in [2.45, 2.75) is 57.7 Å². The minimum absolute atomic E-state index is 0.0994. The number of fused-ring (bicyclic) bond motifs is 2. The highest BCUT2D eigenvalue weighted by molar-refractivity contribution is 5.36. The molecule has 5 heterocycles. The lowest BCUT2D eigenvalue weighted by atomic mass is 9.72. The Kier molecular flexibility index (Phi) is 4.60. The maximum absolute atomic E-state index is 5.35. The summed E-state index contributed by atoms with van der Waals surface area (Å²) in [7, 11) is 0. The molecule has 0 amide bonds. The lowest BCUT2D eigenvalue weighted by molar-refractivity contribution is 0.138. The van der Waals surface area contributed by atoms with Gasteiger partial charge >= 0.3 is 0 Å². The van der Waals surface area contributed by atoms with Crippen LogP contribution in [-0.4, -0.2) is 44.1 Å². The molecule has 6 rings (SSSR count). The van der Waals surface area contributed by atoms with Crippen LogP contribution in [0.2, 0.25) is 0 Å². The molecule has 2 aliphatic heterocycles. The van der Waals surface area contributed by atoms with E-state index in [-0.39, 0.29) is 5.41 Å². The third-order valence-corrected chi connectivity index (χ3v) is 7.34. The third kappa shape index (κ3) is 3.55. The number of aromatic nitrogens is 4. The van der Waals surface area contributed by atoms with E-state index in [1.807, 2.05) is 24.7 Å². The monoisotopic (exact) mass is 418 g/mol. The molecule has 0 atom stereocenters. The summed E-state index contributed by atoms with van der Waals surface area (Å²) in [5, 5.41) is 0. The molecule has 2 fully saturated rings. The fourth-order valence-electron chi connectivity index (χ4n) is 5.50. The van der Waals surface area contributed by atoms with E-state index in [0.29, 0.717) is 0 Å². The number of aryl methyl sites for hydroxylation is 1. The first-order chi connectivity index (χ1) is 15.2. The zero-order valence-electron chi connectivity index (χ0n) is 18.2. The molecule has 1 spiro atoms. The molecule has 7 heteroatoms. The Morgan fingerprint density at radius 1 is 1.16 bits per heavy atom. The SMILES string of the molecule is Cc1nc2c(n1CC1CC1)CN(Cc1ccoc1)CC21CCN(c2ncccn2)CC1. The molecule has 7 nitrogen and oxygen atoms in total. The summed E-state index contributed by atoms with van der Waals surface area (Å²) in [6, 6.07) is 3.97. The van der Waals surface area contributed by atoms with Gasteiger partial charge in [0.05, 0.1) is 23.9 Å². The van der Waals surface area contributed by atoms with Gasteiger partial charge in [0.2, 0.25) is 5.95 Å². The zero-order chi connectivity index (χ0) is 20.8. The molecular formula is C24H30N6O. The van der Waals surface area contributed by atoms with Gasteiger partial charge in [-0.3, -0.25) is 4.90 Å². The number of piperidine rings is 1. The predicted molar refractivity (Wildman–Crippen MR) is 118 cm³/mol. The molecule has 0 radical (unpaired) electrons. The molecule has 1 saturated heterocycles. The standard InChI is InChI=1S/C24H30N6O/c1-18-27-22-21(30(18)14-19-3-4-19)15-28(13-20-5-12-31-16-20)17-24(22)6-10-29(11-7-24)23-25-8-2-9-26-23/h2,5,8-9,12,16,19H,3-4,6-7,10-11,13-15,17H2,1H3. The highest BCUT2D eigenvalue weighted by atomic mass is 16.3. The van der Waals surface area contributed by atoms with E-state index in [1.165, 1.54) is 35.6 Å². The van der Waals surface area contributed by atoms with Crippen LogP contribution >= 0.6 is 0 Å². The van der Waals surface area contributed by atoms with Crippen LogP contribution in [0.25, 0.3) is 0 Å². The average molecular weight is 419 g/mol. The molecule has 0 N–H and O–H groups in total. The summed E-state index contributed by atoms with van der Waals surface area (Å²) in [5.74, 6) is 2.88. The molecule has 3 aliphatic rings. The largest absolute Gasteiger partial charge is 0.472 e. The lowest BCUT2D eigenvalue weighted by Crippen LogP contribution is -2.52. The Hall–Kier alpha value is -2.67. The van der Waals surface area contributed by atoms with E-state index >= 15 is 0 Å². The van der Waals surface area contributed by atoms with Gasteiger partial charge in [0.25, 0.3) is 0 Å². The second-order valence-electron chi connectivity index (χ2n) is 9.60. The lowest BCUT2D eigenvalue weighted by Gasteiger charge is -2.47. The van der Waals surface area contributed by atoms with Gasteiger partial charge in [0, 0.05) is 62.6 Å². The molecule has 3 aromatic heterocycles. The van der Waals surface area contributed by atoms with Gasteiger partial charge in [-0.25, -0.2) is 15.0 Å². The first-order valence-corrected chi connectivity index (χ1v) is 11.5. The number of furan rings is 1. The molecular weight excluding hydrogens is 388 g/mol. The molecule has 0 unspecified atom stereocenters. The molecule has 0 aromatic carbocycles. The van der Waals surface area contributed by atoms with Crippen LogP contribution in [-0.2, 0) is 25.0 Å². The van der Waals surface area contributed by atoms with Gasteiger partial charge in [0.15, 0.2) is 0 Å². The van der Waals surface area contributed by atoms with Crippen LogP contribution in [0.4, 0.5) is 5.95 Å². The smallest absolute Gasteiger partial charge is 0.225 e. The van der Waals surface area contributed by atoms with Crippen molar-refractivity contribution in [3.63, 3.8) is 0 Å². The van der Waals surface area contributed by atoms with Crippen LogP contribution in [0.15, 0.2) is 41.5 Å². The molecule has 3 aromatic rings. The summed E-state index contributed by atoms with van der Waals surface area (Å²) in [6.07, 6.45) is 12.2. The molecule has 1 aliphatic carbocycles. The van der Waals surface area contributed by atoms with Gasteiger partial charge < -0.3 is 13.9 Å². The van der Waals surface area contributed by atoms with Crippen LogP contribution in [0.1, 0.15) is 48.5 Å². The molecule has 0 bridgehead atoms. The fraction of sp³-hybridized carbons (Fsp3) is 0.542. The van der Waals surface area contributed by atoms with E-state index in [4.69, 9.17) is 9.40 Å². The molecule has 162 valence electrons. The van der Waals surface area contributed by atoms with E-state index in [0.717, 1.165) is 64.0 Å². The number of hydrogen-bond acceptors (Lipinski definition) is 6. The predicted octanol–water partition coefficient (Wildman–Crippen LogP) is 3.54. The Balaban J connectivity index is 1.31. The van der Waals surface area contributed by atoms with E-state index < -0.39 is 0 Å². The molecule has 1 saturated carbocycles. The highest BCUT2D eigenvalue weighted by Crippen LogP contribution is 2.43. The van der Waals surface area contributed by atoms with Gasteiger partial charge in [-0.15, -0.1) is 0 Å². The number of nitrogens with zero attached hydrogens (tertiary/aromatic N) is 6. The number of imidazole rings is 1. The van der Waals surface area contributed by atoms with E-state index in [2.05, 4.69) is 37.3 Å². The minimum Gasteiger partial charge on any atom is -0.472 e. The van der Waals surface area contributed by atoms with Gasteiger partial charge in [-0.2, -0.15) is 0 Å². The Labute approximate surface area is 183 Å². The first-order valence-electron chi connectivity index (χ1n) is 11.5.